The third-order valence-electron chi connectivity index (χ3n) is 6.62. The lowest BCUT2D eigenvalue weighted by Gasteiger charge is -2.25. The van der Waals surface area contributed by atoms with Crippen LogP contribution in [0, 0.1) is 0 Å². The van der Waals surface area contributed by atoms with Gasteiger partial charge in [0.15, 0.2) is 0 Å². The molecule has 0 saturated carbocycles. The van der Waals surface area contributed by atoms with E-state index in [9.17, 15) is 4.79 Å². The molecule has 0 N–H and O–H groups in total. The molecule has 3 aromatic rings. The second-order valence-electron chi connectivity index (χ2n) is 8.68. The molecule has 0 amide bonds. The lowest BCUT2D eigenvalue weighted by Crippen LogP contribution is -2.25. The number of ether oxygens (including phenoxy) is 1. The molecule has 2 aliphatic rings. The zero-order valence-electron chi connectivity index (χ0n) is 18.4. The first-order chi connectivity index (χ1) is 15.8. The summed E-state index contributed by atoms with van der Waals surface area (Å²) in [6, 6.07) is 25.2. The average molecular weight is 424 g/mol. The Labute approximate surface area is 190 Å². The number of carbonyl (C=O) groups excluding carboxylic acids is 1. The van der Waals surface area contributed by atoms with Crippen molar-refractivity contribution in [1.82, 2.24) is 4.90 Å². The summed E-state index contributed by atoms with van der Waals surface area (Å²) in [5, 5.41) is 0. The van der Waals surface area contributed by atoms with Gasteiger partial charge in [-0.05, 0) is 90.4 Å². The molecule has 162 valence electrons. The van der Waals surface area contributed by atoms with E-state index in [4.69, 9.17) is 4.74 Å². The largest absolute Gasteiger partial charge is 0.492 e. The molecule has 5 rings (SSSR count). The van der Waals surface area contributed by atoms with E-state index in [1.165, 1.54) is 59.3 Å². The van der Waals surface area contributed by atoms with Crippen molar-refractivity contribution in [3.63, 3.8) is 0 Å². The SMILES string of the molecule is O=Cc1ccc2c(c1)CCC(c1ccccc1)=C2c1ccc(OCCN2CCCC2)cc1. The van der Waals surface area contributed by atoms with Crippen molar-refractivity contribution in [2.24, 2.45) is 0 Å². The lowest BCUT2D eigenvalue weighted by atomic mass is 9.79. The highest BCUT2D eigenvalue weighted by atomic mass is 16.5. The zero-order chi connectivity index (χ0) is 21.8. The number of likely N-dealkylation sites (tertiary alicyclic amines) is 1. The maximum Gasteiger partial charge on any atom is 0.150 e. The van der Waals surface area contributed by atoms with Crippen LogP contribution in [0.25, 0.3) is 11.1 Å². The van der Waals surface area contributed by atoms with Gasteiger partial charge in [0, 0.05) is 12.1 Å². The Morgan fingerprint density at radius 1 is 0.844 bits per heavy atom. The summed E-state index contributed by atoms with van der Waals surface area (Å²) in [5.41, 5.74) is 8.29. The van der Waals surface area contributed by atoms with Gasteiger partial charge in [0.2, 0.25) is 0 Å². The van der Waals surface area contributed by atoms with Crippen molar-refractivity contribution in [1.29, 1.82) is 0 Å². The van der Waals surface area contributed by atoms with E-state index in [1.54, 1.807) is 0 Å². The van der Waals surface area contributed by atoms with Crippen LogP contribution in [-0.4, -0.2) is 37.4 Å². The molecule has 0 radical (unpaired) electrons. The first-order valence-corrected chi connectivity index (χ1v) is 11.6. The van der Waals surface area contributed by atoms with Gasteiger partial charge in [0.05, 0.1) is 0 Å². The second-order valence-corrected chi connectivity index (χ2v) is 8.68. The molecule has 0 atom stereocenters. The average Bonchev–Trinajstić information content (AvgIpc) is 3.37. The molecule has 1 aliphatic carbocycles. The number of aryl methyl sites for hydroxylation is 1. The Morgan fingerprint density at radius 3 is 2.38 bits per heavy atom. The Balaban J connectivity index is 1.45. The van der Waals surface area contributed by atoms with Crippen molar-refractivity contribution in [3.05, 3.63) is 101 Å². The third-order valence-corrected chi connectivity index (χ3v) is 6.62. The standard InChI is InChI=1S/C29H29NO2/c31-21-22-8-14-28-25(20-22)11-15-27(23-6-2-1-3-7-23)29(28)24-9-12-26(13-10-24)32-19-18-30-16-4-5-17-30/h1-3,6-10,12-14,20-21H,4-5,11,15-19H2. The van der Waals surface area contributed by atoms with E-state index in [1.807, 2.05) is 12.1 Å². The molecule has 0 bridgehead atoms. The van der Waals surface area contributed by atoms with Gasteiger partial charge in [0.1, 0.15) is 18.6 Å². The molecular formula is C29H29NO2. The van der Waals surface area contributed by atoms with E-state index >= 15 is 0 Å². The van der Waals surface area contributed by atoms with Crippen molar-refractivity contribution in [2.75, 3.05) is 26.2 Å². The summed E-state index contributed by atoms with van der Waals surface area (Å²) in [4.78, 5) is 13.8. The summed E-state index contributed by atoms with van der Waals surface area (Å²) in [6.45, 7) is 4.12. The van der Waals surface area contributed by atoms with Gasteiger partial charge in [-0.3, -0.25) is 9.69 Å². The van der Waals surface area contributed by atoms with Gasteiger partial charge in [-0.1, -0.05) is 54.6 Å². The second kappa shape index (κ2) is 9.54. The number of nitrogens with zero attached hydrogens (tertiary/aromatic N) is 1. The third kappa shape index (κ3) is 4.39. The molecule has 3 nitrogen and oxygen atoms in total. The van der Waals surface area contributed by atoms with Crippen LogP contribution in [-0.2, 0) is 6.42 Å². The maximum atomic E-state index is 11.3. The van der Waals surface area contributed by atoms with Gasteiger partial charge in [-0.25, -0.2) is 0 Å². The van der Waals surface area contributed by atoms with Crippen LogP contribution >= 0.6 is 0 Å². The van der Waals surface area contributed by atoms with E-state index in [0.717, 1.165) is 43.6 Å². The summed E-state index contributed by atoms with van der Waals surface area (Å²) < 4.78 is 6.02. The Hall–Kier alpha value is -3.17. The summed E-state index contributed by atoms with van der Waals surface area (Å²) in [7, 11) is 0. The molecule has 0 aromatic heterocycles. The molecule has 1 aliphatic heterocycles. The van der Waals surface area contributed by atoms with E-state index in [2.05, 4.69) is 65.6 Å². The molecule has 1 fully saturated rings. The fourth-order valence-electron chi connectivity index (χ4n) is 4.96. The summed E-state index contributed by atoms with van der Waals surface area (Å²) >= 11 is 0. The minimum absolute atomic E-state index is 0.731. The summed E-state index contributed by atoms with van der Waals surface area (Å²) in [6.07, 6.45) is 5.46. The number of hydrogen-bond donors (Lipinski definition) is 0. The first-order valence-electron chi connectivity index (χ1n) is 11.6. The normalized spacial score (nSPS) is 16.1. The zero-order valence-corrected chi connectivity index (χ0v) is 18.4. The van der Waals surface area contributed by atoms with Crippen molar-refractivity contribution < 1.29 is 9.53 Å². The Kier molecular flexibility index (Phi) is 6.17. The van der Waals surface area contributed by atoms with Crippen LogP contribution in [0.5, 0.6) is 5.75 Å². The van der Waals surface area contributed by atoms with Gasteiger partial charge in [-0.2, -0.15) is 0 Å². The lowest BCUT2D eigenvalue weighted by molar-refractivity contribution is 0.112. The van der Waals surface area contributed by atoms with E-state index in [-0.39, 0.29) is 0 Å². The smallest absolute Gasteiger partial charge is 0.150 e. The van der Waals surface area contributed by atoms with E-state index < -0.39 is 0 Å². The molecule has 1 saturated heterocycles. The van der Waals surface area contributed by atoms with Crippen molar-refractivity contribution >= 4 is 17.4 Å². The number of carbonyl (C=O) groups is 1. The highest BCUT2D eigenvalue weighted by Gasteiger charge is 2.22. The van der Waals surface area contributed by atoms with E-state index in [0.29, 0.717) is 0 Å². The van der Waals surface area contributed by atoms with Gasteiger partial charge in [-0.15, -0.1) is 0 Å². The highest BCUT2D eigenvalue weighted by Crippen LogP contribution is 2.41. The van der Waals surface area contributed by atoms with Crippen LogP contribution in [0.3, 0.4) is 0 Å². The van der Waals surface area contributed by atoms with Crippen LogP contribution < -0.4 is 4.74 Å². The fourth-order valence-corrected chi connectivity index (χ4v) is 4.96. The molecule has 0 spiro atoms. The van der Waals surface area contributed by atoms with Gasteiger partial charge in [0.25, 0.3) is 0 Å². The van der Waals surface area contributed by atoms with Crippen LogP contribution in [0.15, 0.2) is 72.8 Å². The van der Waals surface area contributed by atoms with Crippen molar-refractivity contribution in [3.8, 4) is 5.75 Å². The number of allylic oxidation sites excluding steroid dienone is 1. The van der Waals surface area contributed by atoms with Gasteiger partial charge >= 0.3 is 0 Å². The fraction of sp³-hybridized carbons (Fsp3) is 0.276. The molecule has 3 aromatic carbocycles. The predicted molar refractivity (Wildman–Crippen MR) is 130 cm³/mol. The molecular weight excluding hydrogens is 394 g/mol. The Morgan fingerprint density at radius 2 is 1.62 bits per heavy atom. The summed E-state index contributed by atoms with van der Waals surface area (Å²) in [5.74, 6) is 0.919. The topological polar surface area (TPSA) is 29.5 Å². The monoisotopic (exact) mass is 423 g/mol. The first kappa shape index (κ1) is 20.7. The minimum atomic E-state index is 0.731. The van der Waals surface area contributed by atoms with Crippen molar-refractivity contribution in [2.45, 2.75) is 25.7 Å². The number of fused-ring (bicyclic) bond motifs is 1. The molecule has 32 heavy (non-hydrogen) atoms. The number of hydrogen-bond acceptors (Lipinski definition) is 3. The minimum Gasteiger partial charge on any atom is -0.492 e. The van der Waals surface area contributed by atoms with Gasteiger partial charge < -0.3 is 4.74 Å². The van der Waals surface area contributed by atoms with Crippen LogP contribution in [0.2, 0.25) is 0 Å². The molecule has 3 heteroatoms. The van der Waals surface area contributed by atoms with Crippen LogP contribution in [0.4, 0.5) is 0 Å². The number of benzene rings is 3. The quantitative estimate of drug-likeness (QED) is 0.445. The Bertz CT molecular complexity index is 1110. The molecule has 1 heterocycles. The highest BCUT2D eigenvalue weighted by molar-refractivity contribution is 6.01. The molecule has 0 unspecified atom stereocenters. The predicted octanol–water partition coefficient (Wildman–Crippen LogP) is 5.88. The number of aldehydes is 1. The number of rotatable bonds is 7. The maximum absolute atomic E-state index is 11.3. The van der Waals surface area contributed by atoms with Crippen LogP contribution in [0.1, 0.15) is 51.9 Å².